The number of rotatable bonds is 4. The Morgan fingerprint density at radius 1 is 1.22 bits per heavy atom. The Morgan fingerprint density at radius 3 is 2.50 bits per heavy atom. The first kappa shape index (κ1) is 13.6. The molecule has 1 aromatic carbocycles. The maximum Gasteiger partial charge on any atom is 0.105 e. The fourth-order valence-corrected chi connectivity index (χ4v) is 3.54. The van der Waals surface area contributed by atoms with Crippen LogP contribution in [0.3, 0.4) is 0 Å². The van der Waals surface area contributed by atoms with Gasteiger partial charge in [0, 0.05) is 6.54 Å². The van der Waals surface area contributed by atoms with Crippen molar-refractivity contribution < 1.29 is 5.11 Å². The molecule has 18 heavy (non-hydrogen) atoms. The molecule has 3 N–H and O–H groups in total. The van der Waals surface area contributed by atoms with E-state index in [1.54, 1.807) is 0 Å². The highest BCUT2D eigenvalue weighted by atomic mass is 16.3. The molecule has 1 aromatic rings. The Kier molecular flexibility index (Phi) is 4.41. The summed E-state index contributed by atoms with van der Waals surface area (Å²) in [5.74, 6) is 0.913. The van der Waals surface area contributed by atoms with Crippen molar-refractivity contribution in [1.82, 2.24) is 0 Å². The van der Waals surface area contributed by atoms with Crippen molar-refractivity contribution in [2.45, 2.75) is 44.6 Å². The summed E-state index contributed by atoms with van der Waals surface area (Å²) in [5, 5.41) is 11.1. The monoisotopic (exact) mass is 247 g/mol. The highest BCUT2D eigenvalue weighted by Crippen LogP contribution is 2.43. The fourth-order valence-electron chi connectivity index (χ4n) is 3.54. The predicted molar refractivity (Wildman–Crippen MR) is 75.1 cm³/mol. The van der Waals surface area contributed by atoms with Gasteiger partial charge in [-0.1, -0.05) is 62.9 Å². The van der Waals surface area contributed by atoms with Gasteiger partial charge in [-0.3, -0.25) is 0 Å². The molecule has 2 rings (SSSR count). The summed E-state index contributed by atoms with van der Waals surface area (Å²) in [6.45, 7) is 2.54. The molecule has 0 bridgehead atoms. The molecule has 1 saturated carbocycles. The number of nitrogens with two attached hydrogens (primary N) is 1. The zero-order valence-corrected chi connectivity index (χ0v) is 11.3. The average molecular weight is 247 g/mol. The topological polar surface area (TPSA) is 46.2 Å². The number of benzene rings is 1. The molecule has 0 amide bonds. The molecule has 0 aliphatic heterocycles. The lowest BCUT2D eigenvalue weighted by Gasteiger charge is -2.43. The molecule has 2 nitrogen and oxygen atoms in total. The van der Waals surface area contributed by atoms with Crippen molar-refractivity contribution in [3.63, 3.8) is 0 Å². The molecule has 0 saturated heterocycles. The molecule has 0 spiro atoms. The van der Waals surface area contributed by atoms with E-state index in [0.29, 0.717) is 18.4 Å². The van der Waals surface area contributed by atoms with E-state index in [9.17, 15) is 5.11 Å². The van der Waals surface area contributed by atoms with Gasteiger partial charge in [-0.25, -0.2) is 0 Å². The van der Waals surface area contributed by atoms with Crippen LogP contribution in [-0.4, -0.2) is 11.7 Å². The van der Waals surface area contributed by atoms with E-state index in [0.717, 1.165) is 18.4 Å². The normalized spacial score (nSPS) is 27.7. The third kappa shape index (κ3) is 2.45. The van der Waals surface area contributed by atoms with Crippen molar-refractivity contribution in [3.05, 3.63) is 35.9 Å². The summed E-state index contributed by atoms with van der Waals surface area (Å²) >= 11 is 0. The third-order valence-corrected chi connectivity index (χ3v) is 4.63. The van der Waals surface area contributed by atoms with Gasteiger partial charge in [0.15, 0.2) is 0 Å². The van der Waals surface area contributed by atoms with Crippen LogP contribution in [0.15, 0.2) is 30.3 Å². The quantitative estimate of drug-likeness (QED) is 0.859. The highest BCUT2D eigenvalue weighted by Gasteiger charge is 2.41. The van der Waals surface area contributed by atoms with Crippen LogP contribution in [0.1, 0.15) is 44.6 Å². The number of hydrogen-bond acceptors (Lipinski definition) is 2. The summed E-state index contributed by atoms with van der Waals surface area (Å²) in [6, 6.07) is 9.97. The minimum Gasteiger partial charge on any atom is -0.384 e. The van der Waals surface area contributed by atoms with Crippen LogP contribution in [0, 0.1) is 11.8 Å². The maximum absolute atomic E-state index is 11.1. The zero-order chi connectivity index (χ0) is 13.0. The van der Waals surface area contributed by atoms with E-state index < -0.39 is 5.60 Å². The highest BCUT2D eigenvalue weighted by molar-refractivity contribution is 5.24. The molecule has 1 aliphatic rings. The van der Waals surface area contributed by atoms with Gasteiger partial charge in [0.1, 0.15) is 5.60 Å². The van der Waals surface area contributed by atoms with E-state index in [2.05, 4.69) is 6.92 Å². The smallest absolute Gasteiger partial charge is 0.105 e. The van der Waals surface area contributed by atoms with E-state index in [1.165, 1.54) is 19.3 Å². The summed E-state index contributed by atoms with van der Waals surface area (Å²) in [5.41, 5.74) is 6.08. The summed E-state index contributed by atoms with van der Waals surface area (Å²) < 4.78 is 0. The van der Waals surface area contributed by atoms with Crippen LogP contribution < -0.4 is 5.73 Å². The van der Waals surface area contributed by atoms with Crippen molar-refractivity contribution in [2.75, 3.05) is 6.54 Å². The maximum atomic E-state index is 11.1. The van der Waals surface area contributed by atoms with Gasteiger partial charge >= 0.3 is 0 Å². The molecule has 2 heteroatoms. The van der Waals surface area contributed by atoms with Gasteiger partial charge < -0.3 is 10.8 Å². The lowest BCUT2D eigenvalue weighted by atomic mass is 9.67. The second kappa shape index (κ2) is 5.85. The number of hydrogen-bond donors (Lipinski definition) is 2. The molecule has 1 aliphatic carbocycles. The largest absolute Gasteiger partial charge is 0.384 e. The third-order valence-electron chi connectivity index (χ3n) is 4.63. The van der Waals surface area contributed by atoms with Crippen LogP contribution in [0.5, 0.6) is 0 Å². The van der Waals surface area contributed by atoms with Crippen molar-refractivity contribution >= 4 is 0 Å². The second-order valence-corrected chi connectivity index (χ2v) is 5.55. The minimum absolute atomic E-state index is 0.309. The Hall–Kier alpha value is -0.860. The van der Waals surface area contributed by atoms with Gasteiger partial charge in [0.05, 0.1) is 0 Å². The van der Waals surface area contributed by atoms with Crippen LogP contribution in [-0.2, 0) is 5.60 Å². The molecule has 1 fully saturated rings. The van der Waals surface area contributed by atoms with Gasteiger partial charge in [-0.05, 0) is 23.8 Å². The Morgan fingerprint density at radius 2 is 1.89 bits per heavy atom. The van der Waals surface area contributed by atoms with Gasteiger partial charge in [-0.2, -0.15) is 0 Å². The van der Waals surface area contributed by atoms with Crippen LogP contribution in [0.2, 0.25) is 0 Å². The van der Waals surface area contributed by atoms with E-state index in [4.69, 9.17) is 5.73 Å². The summed E-state index contributed by atoms with van der Waals surface area (Å²) in [6.07, 6.45) is 5.98. The number of aliphatic hydroxyl groups is 1. The Bertz CT molecular complexity index is 365. The molecular weight excluding hydrogens is 222 g/mol. The fraction of sp³-hybridized carbons (Fsp3) is 0.625. The van der Waals surface area contributed by atoms with Gasteiger partial charge in [0.2, 0.25) is 0 Å². The molecule has 0 heterocycles. The predicted octanol–water partition coefficient (Wildman–Crippen LogP) is 3.05. The lowest BCUT2D eigenvalue weighted by Crippen LogP contribution is -2.46. The van der Waals surface area contributed by atoms with Crippen LogP contribution in [0.25, 0.3) is 0 Å². The first-order valence-corrected chi connectivity index (χ1v) is 7.20. The first-order valence-electron chi connectivity index (χ1n) is 7.20. The second-order valence-electron chi connectivity index (χ2n) is 5.55. The molecule has 3 atom stereocenters. The minimum atomic E-state index is -0.845. The molecule has 0 aromatic heterocycles. The zero-order valence-electron chi connectivity index (χ0n) is 11.3. The Balaban J connectivity index is 2.30. The Labute approximate surface area is 110 Å². The molecule has 100 valence electrons. The molecule has 0 radical (unpaired) electrons. The van der Waals surface area contributed by atoms with Crippen molar-refractivity contribution in [2.24, 2.45) is 17.6 Å². The molecular formula is C16H25NO. The van der Waals surface area contributed by atoms with Crippen LogP contribution in [0.4, 0.5) is 0 Å². The summed E-state index contributed by atoms with van der Waals surface area (Å²) in [4.78, 5) is 0. The van der Waals surface area contributed by atoms with Gasteiger partial charge in [-0.15, -0.1) is 0 Å². The van der Waals surface area contributed by atoms with Gasteiger partial charge in [0.25, 0.3) is 0 Å². The van der Waals surface area contributed by atoms with E-state index in [1.807, 2.05) is 30.3 Å². The van der Waals surface area contributed by atoms with Crippen molar-refractivity contribution in [3.8, 4) is 0 Å². The lowest BCUT2D eigenvalue weighted by molar-refractivity contribution is -0.0567. The molecule has 3 unspecified atom stereocenters. The average Bonchev–Trinajstić information content (AvgIpc) is 2.47. The first-order chi connectivity index (χ1) is 8.72. The summed E-state index contributed by atoms with van der Waals surface area (Å²) in [7, 11) is 0. The van der Waals surface area contributed by atoms with Crippen molar-refractivity contribution in [1.29, 1.82) is 0 Å². The SMILES string of the molecule is CCC1CCCCC1C(O)(CN)c1ccccc1. The van der Waals surface area contributed by atoms with E-state index in [-0.39, 0.29) is 0 Å². The standard InChI is InChI=1S/C16H25NO/c1-2-13-8-6-7-11-15(13)16(18,12-17)14-9-4-3-5-10-14/h3-5,9-10,13,15,18H,2,6-8,11-12,17H2,1H3. The van der Waals surface area contributed by atoms with E-state index >= 15 is 0 Å². The van der Waals surface area contributed by atoms with Crippen LogP contribution >= 0.6 is 0 Å².